The van der Waals surface area contributed by atoms with E-state index in [-0.39, 0.29) is 5.91 Å². The Kier molecular flexibility index (Phi) is 7.08. The third-order valence-corrected chi connectivity index (χ3v) is 8.34. The van der Waals surface area contributed by atoms with Gasteiger partial charge in [-0.2, -0.15) is 0 Å². The van der Waals surface area contributed by atoms with Gasteiger partial charge in [0.2, 0.25) is 5.91 Å². The van der Waals surface area contributed by atoms with Gasteiger partial charge in [0.25, 0.3) is 0 Å². The lowest BCUT2D eigenvalue weighted by Gasteiger charge is -2.22. The molecule has 1 aromatic carbocycles. The molecule has 1 amide bonds. The molecule has 2 aromatic rings. The van der Waals surface area contributed by atoms with Gasteiger partial charge in [0, 0.05) is 22.4 Å². The van der Waals surface area contributed by atoms with Crippen LogP contribution in [0.3, 0.4) is 0 Å². The zero-order valence-corrected chi connectivity index (χ0v) is 18.1. The predicted molar refractivity (Wildman–Crippen MR) is 115 cm³/mol. The van der Waals surface area contributed by atoms with Crippen LogP contribution >= 0.6 is 46.6 Å². The summed E-state index contributed by atoms with van der Waals surface area (Å²) in [6, 6.07) is 8.18. The Labute approximate surface area is 171 Å². The van der Waals surface area contributed by atoms with Crippen LogP contribution in [0.4, 0.5) is 5.69 Å². The van der Waals surface area contributed by atoms with Crippen molar-refractivity contribution in [2.75, 3.05) is 23.0 Å². The van der Waals surface area contributed by atoms with Gasteiger partial charge in [-0.25, -0.2) is 0 Å². The SMILES string of the molecule is C=C(C)CSc1nnc(SCC(=O)N2CCC(C)Sc3ccccc32)s1. The smallest absolute Gasteiger partial charge is 0.237 e. The highest BCUT2D eigenvalue weighted by Gasteiger charge is 2.24. The maximum Gasteiger partial charge on any atom is 0.237 e. The van der Waals surface area contributed by atoms with Crippen molar-refractivity contribution in [1.82, 2.24) is 10.2 Å². The normalized spacial score (nSPS) is 16.8. The summed E-state index contributed by atoms with van der Waals surface area (Å²) in [4.78, 5) is 16.0. The van der Waals surface area contributed by atoms with Gasteiger partial charge < -0.3 is 4.90 Å². The van der Waals surface area contributed by atoms with Crippen molar-refractivity contribution in [2.45, 2.75) is 39.1 Å². The molecule has 4 nitrogen and oxygen atoms in total. The second-order valence-electron chi connectivity index (χ2n) is 6.10. The number of benzene rings is 1. The quantitative estimate of drug-likeness (QED) is 0.469. The van der Waals surface area contributed by atoms with Crippen LogP contribution in [0.5, 0.6) is 0 Å². The standard InChI is InChI=1S/C18H21N3OS4/c1-12(2)10-23-17-19-20-18(26-17)24-11-16(22)21-9-8-13(3)25-15-7-5-4-6-14(15)21/h4-7,13H,1,8-11H2,2-3H3. The number of anilines is 1. The van der Waals surface area contributed by atoms with Gasteiger partial charge in [-0.1, -0.05) is 66.1 Å². The topological polar surface area (TPSA) is 46.1 Å². The van der Waals surface area contributed by atoms with E-state index in [1.807, 2.05) is 41.8 Å². The first-order chi connectivity index (χ1) is 12.5. The second-order valence-corrected chi connectivity index (χ2v) is 11.0. The molecule has 0 fully saturated rings. The van der Waals surface area contributed by atoms with E-state index in [0.717, 1.165) is 38.7 Å². The molecule has 1 aliphatic rings. The Morgan fingerprint density at radius 1 is 1.27 bits per heavy atom. The zero-order valence-electron chi connectivity index (χ0n) is 14.8. The first-order valence-electron chi connectivity index (χ1n) is 8.32. The monoisotopic (exact) mass is 423 g/mol. The fraction of sp³-hybridized carbons (Fsp3) is 0.389. The van der Waals surface area contributed by atoms with Crippen LogP contribution < -0.4 is 4.90 Å². The molecule has 1 aliphatic heterocycles. The highest BCUT2D eigenvalue weighted by Crippen LogP contribution is 2.38. The zero-order chi connectivity index (χ0) is 18.5. The highest BCUT2D eigenvalue weighted by atomic mass is 32.2. The van der Waals surface area contributed by atoms with Gasteiger partial charge in [-0.3, -0.25) is 4.79 Å². The summed E-state index contributed by atoms with van der Waals surface area (Å²) in [7, 11) is 0. The molecule has 0 bridgehead atoms. The van der Waals surface area contributed by atoms with E-state index < -0.39 is 0 Å². The van der Waals surface area contributed by atoms with E-state index in [1.54, 1.807) is 23.1 Å². The highest BCUT2D eigenvalue weighted by molar-refractivity contribution is 8.03. The average molecular weight is 424 g/mol. The van der Waals surface area contributed by atoms with Crippen LogP contribution in [0.15, 0.2) is 50.0 Å². The second kappa shape index (κ2) is 9.30. The summed E-state index contributed by atoms with van der Waals surface area (Å²) < 4.78 is 1.77. The Bertz CT molecular complexity index is 792. The number of para-hydroxylation sites is 1. The number of fused-ring (bicyclic) bond motifs is 1. The molecular formula is C18H21N3OS4. The van der Waals surface area contributed by atoms with Gasteiger partial charge >= 0.3 is 0 Å². The molecule has 138 valence electrons. The van der Waals surface area contributed by atoms with E-state index in [2.05, 4.69) is 29.8 Å². The van der Waals surface area contributed by atoms with Crippen molar-refractivity contribution in [2.24, 2.45) is 0 Å². The minimum absolute atomic E-state index is 0.128. The Balaban J connectivity index is 1.62. The third-order valence-electron chi connectivity index (χ3n) is 3.69. The van der Waals surface area contributed by atoms with E-state index in [9.17, 15) is 4.79 Å². The van der Waals surface area contributed by atoms with E-state index >= 15 is 0 Å². The minimum Gasteiger partial charge on any atom is -0.311 e. The molecule has 1 aromatic heterocycles. The lowest BCUT2D eigenvalue weighted by Crippen LogP contribution is -2.33. The molecule has 0 spiro atoms. The summed E-state index contributed by atoms with van der Waals surface area (Å²) in [6.45, 7) is 8.88. The van der Waals surface area contributed by atoms with Crippen LogP contribution in [0.25, 0.3) is 0 Å². The summed E-state index contributed by atoms with van der Waals surface area (Å²) in [5, 5.41) is 8.88. The molecular weight excluding hydrogens is 402 g/mol. The number of rotatable bonds is 6. The molecule has 3 rings (SSSR count). The van der Waals surface area contributed by atoms with Crippen LogP contribution in [0, 0.1) is 0 Å². The third kappa shape index (κ3) is 5.28. The van der Waals surface area contributed by atoms with E-state index in [4.69, 9.17) is 0 Å². The number of thioether (sulfide) groups is 3. The van der Waals surface area contributed by atoms with Crippen LogP contribution in [-0.4, -0.2) is 39.4 Å². The summed E-state index contributed by atoms with van der Waals surface area (Å²) in [5.74, 6) is 1.36. The molecule has 26 heavy (non-hydrogen) atoms. The number of carbonyl (C=O) groups excluding carboxylic acids is 1. The lowest BCUT2D eigenvalue weighted by molar-refractivity contribution is -0.116. The first kappa shape index (κ1) is 19.8. The Morgan fingerprint density at radius 3 is 2.69 bits per heavy atom. The van der Waals surface area contributed by atoms with Gasteiger partial charge in [-0.15, -0.1) is 22.0 Å². The maximum absolute atomic E-state index is 12.9. The van der Waals surface area contributed by atoms with Crippen LogP contribution in [-0.2, 0) is 4.79 Å². The van der Waals surface area contributed by atoms with Gasteiger partial charge in [0.15, 0.2) is 8.68 Å². The van der Waals surface area contributed by atoms with Gasteiger partial charge in [0.05, 0.1) is 11.4 Å². The van der Waals surface area contributed by atoms with Crippen molar-refractivity contribution in [3.63, 3.8) is 0 Å². The molecule has 0 aliphatic carbocycles. The fourth-order valence-corrected chi connectivity index (χ4v) is 6.30. The van der Waals surface area contributed by atoms with Crippen molar-refractivity contribution in [3.8, 4) is 0 Å². The number of hydrogen-bond donors (Lipinski definition) is 0. The Hall–Kier alpha value is -0.960. The maximum atomic E-state index is 12.9. The molecule has 0 radical (unpaired) electrons. The largest absolute Gasteiger partial charge is 0.311 e. The molecule has 0 N–H and O–H groups in total. The molecule has 1 atom stereocenters. The summed E-state index contributed by atoms with van der Waals surface area (Å²) >= 11 is 6.50. The average Bonchev–Trinajstić information content (AvgIpc) is 3.00. The van der Waals surface area contributed by atoms with Gasteiger partial charge in [-0.05, 0) is 25.5 Å². The Morgan fingerprint density at radius 2 is 1.96 bits per heavy atom. The fourth-order valence-electron chi connectivity index (χ4n) is 2.45. The number of hydrogen-bond acceptors (Lipinski definition) is 7. The molecule has 2 heterocycles. The molecule has 0 saturated carbocycles. The van der Waals surface area contributed by atoms with Crippen molar-refractivity contribution in [3.05, 3.63) is 36.4 Å². The van der Waals surface area contributed by atoms with E-state index in [0.29, 0.717) is 11.0 Å². The predicted octanol–water partition coefficient (Wildman–Crippen LogP) is 5.22. The van der Waals surface area contributed by atoms with Crippen LogP contribution in [0.2, 0.25) is 0 Å². The first-order valence-corrected chi connectivity index (χ1v) is 12.0. The lowest BCUT2D eigenvalue weighted by atomic mass is 10.2. The summed E-state index contributed by atoms with van der Waals surface area (Å²) in [6.07, 6.45) is 0.996. The van der Waals surface area contributed by atoms with E-state index in [1.165, 1.54) is 16.7 Å². The van der Waals surface area contributed by atoms with Crippen molar-refractivity contribution in [1.29, 1.82) is 0 Å². The number of carbonyl (C=O) groups is 1. The number of amides is 1. The van der Waals surface area contributed by atoms with Crippen molar-refractivity contribution < 1.29 is 4.79 Å². The van der Waals surface area contributed by atoms with Gasteiger partial charge in [0.1, 0.15) is 0 Å². The molecule has 1 unspecified atom stereocenters. The number of aromatic nitrogens is 2. The molecule has 0 saturated heterocycles. The van der Waals surface area contributed by atoms with Crippen LogP contribution in [0.1, 0.15) is 20.3 Å². The number of nitrogens with zero attached hydrogens (tertiary/aromatic N) is 3. The van der Waals surface area contributed by atoms with Crippen molar-refractivity contribution >= 4 is 58.2 Å². The summed E-state index contributed by atoms with van der Waals surface area (Å²) in [5.41, 5.74) is 2.14. The molecule has 8 heteroatoms. The minimum atomic E-state index is 0.128.